The fraction of sp³-hybridized carbons (Fsp3) is 0.216. The number of nitriles is 1. The van der Waals surface area contributed by atoms with Crippen LogP contribution in [-0.2, 0) is 19.1 Å². The summed E-state index contributed by atoms with van der Waals surface area (Å²) in [6, 6.07) is 35.0. The molecule has 2 heterocycles. The maximum Gasteiger partial charge on any atom is 0.330 e. The first-order chi connectivity index (χ1) is 21.4. The van der Waals surface area contributed by atoms with Crippen molar-refractivity contribution in [3.8, 4) is 6.07 Å². The molecule has 2 aliphatic rings. The largest absolute Gasteiger partial charge is 0.468 e. The predicted octanol–water partition coefficient (Wildman–Crippen LogP) is 6.26. The number of nitrogens with zero attached hydrogens (tertiary/aromatic N) is 3. The highest BCUT2D eigenvalue weighted by Crippen LogP contribution is 2.60. The van der Waals surface area contributed by atoms with Crippen LogP contribution in [0.2, 0.25) is 0 Å². The first kappa shape index (κ1) is 28.8. The first-order valence-electron chi connectivity index (χ1n) is 14.5. The summed E-state index contributed by atoms with van der Waals surface area (Å²) in [7, 11) is 5.16. The second-order valence-electron chi connectivity index (χ2n) is 11.3. The van der Waals surface area contributed by atoms with E-state index in [1.165, 1.54) is 7.11 Å². The molecule has 2 aliphatic heterocycles. The number of benzene rings is 4. The molecule has 0 amide bonds. The van der Waals surface area contributed by atoms with E-state index in [0.717, 1.165) is 27.9 Å². The Morgan fingerprint density at radius 3 is 2.02 bits per heavy atom. The molecule has 0 radical (unpaired) electrons. The summed E-state index contributed by atoms with van der Waals surface area (Å²) in [5.74, 6) is -2.14. The molecule has 4 aromatic rings. The SMILES string of the molecule is COC(=O)[C@]1(C#N)[C@H](c2ccc(N(C)C)cc2)[C@H](C(=O)OC(c2ccccc2)c2ccccc2)N2C=Cc3ccccc3[C@@H]21. The zero-order valence-corrected chi connectivity index (χ0v) is 24.8. The van der Waals surface area contributed by atoms with Gasteiger partial charge in [-0.15, -0.1) is 0 Å². The molecule has 220 valence electrons. The number of fused-ring (bicyclic) bond motifs is 3. The number of carbonyl (C=O) groups excluding carboxylic acids is 2. The van der Waals surface area contributed by atoms with Crippen LogP contribution in [0, 0.1) is 16.7 Å². The fourth-order valence-electron chi connectivity index (χ4n) is 6.69. The normalized spacial score (nSPS) is 21.6. The summed E-state index contributed by atoms with van der Waals surface area (Å²) >= 11 is 0. The molecule has 0 N–H and O–H groups in total. The molecule has 1 saturated heterocycles. The topological polar surface area (TPSA) is 82.9 Å². The predicted molar refractivity (Wildman–Crippen MR) is 168 cm³/mol. The average Bonchev–Trinajstić information content (AvgIpc) is 3.39. The van der Waals surface area contributed by atoms with Crippen LogP contribution in [0.15, 0.2) is 115 Å². The lowest BCUT2D eigenvalue weighted by Gasteiger charge is -2.36. The van der Waals surface area contributed by atoms with Crippen LogP contribution in [0.25, 0.3) is 6.08 Å². The van der Waals surface area contributed by atoms with E-state index in [2.05, 4.69) is 6.07 Å². The highest BCUT2D eigenvalue weighted by molar-refractivity contribution is 5.90. The lowest BCUT2D eigenvalue weighted by molar-refractivity contribution is -0.153. The summed E-state index contributed by atoms with van der Waals surface area (Å²) in [6.45, 7) is 0. The van der Waals surface area contributed by atoms with E-state index in [1.54, 1.807) is 0 Å². The lowest BCUT2D eigenvalue weighted by atomic mass is 9.67. The van der Waals surface area contributed by atoms with Gasteiger partial charge in [0.05, 0.1) is 19.2 Å². The smallest absolute Gasteiger partial charge is 0.330 e. The number of methoxy groups -OCH3 is 1. The van der Waals surface area contributed by atoms with Gasteiger partial charge in [0.25, 0.3) is 0 Å². The molecule has 4 atom stereocenters. The van der Waals surface area contributed by atoms with Crippen molar-refractivity contribution in [3.63, 3.8) is 0 Å². The van der Waals surface area contributed by atoms with Crippen LogP contribution in [0.3, 0.4) is 0 Å². The van der Waals surface area contributed by atoms with Gasteiger partial charge in [0.2, 0.25) is 0 Å². The Morgan fingerprint density at radius 1 is 0.864 bits per heavy atom. The number of rotatable bonds is 7. The molecule has 7 heteroatoms. The standard InChI is InChI=1S/C37H33N3O4/c1-39(2)29-20-18-26(19-21-29)31-32(35(41)44-33(27-13-6-4-7-14-27)28-15-8-5-9-16-28)40-23-22-25-12-10-11-17-30(25)34(40)37(31,24-38)36(42)43-3/h4-23,31-34H,1-3H3/t31-,32-,34-,37-/m1/s1. The molecular formula is C37H33N3O4. The Labute approximate surface area is 257 Å². The Balaban J connectivity index is 1.54. The van der Waals surface area contributed by atoms with E-state index in [4.69, 9.17) is 9.47 Å². The van der Waals surface area contributed by atoms with E-state index in [-0.39, 0.29) is 0 Å². The zero-order valence-electron chi connectivity index (χ0n) is 24.8. The van der Waals surface area contributed by atoms with Crippen molar-refractivity contribution in [2.75, 3.05) is 26.1 Å². The summed E-state index contributed by atoms with van der Waals surface area (Å²) in [5.41, 5.74) is 3.13. The van der Waals surface area contributed by atoms with Gasteiger partial charge in [-0.3, -0.25) is 4.79 Å². The van der Waals surface area contributed by atoms with Crippen LogP contribution in [0.4, 0.5) is 5.69 Å². The minimum atomic E-state index is -1.76. The van der Waals surface area contributed by atoms with Crippen molar-refractivity contribution in [2.45, 2.75) is 24.1 Å². The minimum absolute atomic E-state index is 0.542. The van der Waals surface area contributed by atoms with Gasteiger partial charge in [0.15, 0.2) is 11.5 Å². The van der Waals surface area contributed by atoms with Gasteiger partial charge in [-0.25, -0.2) is 4.79 Å². The second-order valence-corrected chi connectivity index (χ2v) is 11.3. The van der Waals surface area contributed by atoms with Gasteiger partial charge in [-0.2, -0.15) is 5.26 Å². The maximum absolute atomic E-state index is 14.7. The molecule has 6 rings (SSSR count). The van der Waals surface area contributed by atoms with Crippen molar-refractivity contribution in [2.24, 2.45) is 5.41 Å². The Morgan fingerprint density at radius 2 is 1.45 bits per heavy atom. The Kier molecular flexibility index (Phi) is 7.67. The number of hydrogen-bond donors (Lipinski definition) is 0. The van der Waals surface area contributed by atoms with Crippen LogP contribution in [0.5, 0.6) is 0 Å². The second kappa shape index (κ2) is 11.7. The summed E-state index contributed by atoms with van der Waals surface area (Å²) in [5, 5.41) is 11.0. The third-order valence-electron chi connectivity index (χ3n) is 8.73. The highest BCUT2D eigenvalue weighted by Gasteiger charge is 2.68. The first-order valence-corrected chi connectivity index (χ1v) is 14.5. The average molecular weight is 584 g/mol. The Bertz CT molecular complexity index is 1690. The molecule has 7 nitrogen and oxygen atoms in total. The van der Waals surface area contributed by atoms with E-state index < -0.39 is 41.5 Å². The quantitative estimate of drug-likeness (QED) is 0.238. The number of hydrogen-bond acceptors (Lipinski definition) is 7. The summed E-state index contributed by atoms with van der Waals surface area (Å²) in [4.78, 5) is 32.4. The summed E-state index contributed by atoms with van der Waals surface area (Å²) in [6.07, 6.45) is 3.02. The third kappa shape index (κ3) is 4.69. The molecule has 0 aliphatic carbocycles. The van der Waals surface area contributed by atoms with Gasteiger partial charge in [0.1, 0.15) is 6.04 Å². The van der Waals surface area contributed by atoms with Crippen LogP contribution >= 0.6 is 0 Å². The van der Waals surface area contributed by atoms with Gasteiger partial charge >= 0.3 is 11.9 Å². The van der Waals surface area contributed by atoms with Crippen LogP contribution in [0.1, 0.15) is 45.9 Å². The molecule has 0 saturated carbocycles. The van der Waals surface area contributed by atoms with E-state index >= 15 is 0 Å². The summed E-state index contributed by atoms with van der Waals surface area (Å²) < 4.78 is 11.8. The van der Waals surface area contributed by atoms with Crippen molar-refractivity contribution in [1.29, 1.82) is 5.26 Å². The molecule has 0 bridgehead atoms. The zero-order chi connectivity index (χ0) is 30.8. The molecule has 4 aromatic carbocycles. The highest BCUT2D eigenvalue weighted by atomic mass is 16.5. The van der Waals surface area contributed by atoms with Crippen molar-refractivity contribution in [1.82, 2.24) is 4.90 Å². The van der Waals surface area contributed by atoms with Gasteiger partial charge in [0, 0.05) is 31.9 Å². The van der Waals surface area contributed by atoms with Gasteiger partial charge in [-0.1, -0.05) is 97.1 Å². The molecule has 0 spiro atoms. The van der Waals surface area contributed by atoms with Gasteiger partial charge in [-0.05, 0) is 46.0 Å². The third-order valence-corrected chi connectivity index (χ3v) is 8.73. The van der Waals surface area contributed by atoms with E-state index in [0.29, 0.717) is 5.56 Å². The maximum atomic E-state index is 14.7. The van der Waals surface area contributed by atoms with E-state index in [9.17, 15) is 14.9 Å². The van der Waals surface area contributed by atoms with Crippen molar-refractivity contribution < 1.29 is 19.1 Å². The number of anilines is 1. The Hall–Kier alpha value is -5.35. The fourth-order valence-corrected chi connectivity index (χ4v) is 6.69. The molecule has 1 fully saturated rings. The monoisotopic (exact) mass is 583 g/mol. The molecule has 0 unspecified atom stereocenters. The molecular weight excluding hydrogens is 550 g/mol. The molecule has 0 aromatic heterocycles. The van der Waals surface area contributed by atoms with Crippen LogP contribution in [-0.4, -0.2) is 44.1 Å². The minimum Gasteiger partial charge on any atom is -0.468 e. The van der Waals surface area contributed by atoms with Crippen LogP contribution < -0.4 is 4.90 Å². The number of esters is 2. The van der Waals surface area contributed by atoms with Crippen molar-refractivity contribution >= 4 is 23.7 Å². The number of ether oxygens (including phenoxy) is 2. The van der Waals surface area contributed by atoms with Gasteiger partial charge < -0.3 is 19.3 Å². The lowest BCUT2D eigenvalue weighted by Crippen LogP contribution is -2.41. The molecule has 44 heavy (non-hydrogen) atoms. The number of carbonyl (C=O) groups is 2. The van der Waals surface area contributed by atoms with Crippen molar-refractivity contribution in [3.05, 3.63) is 143 Å². The van der Waals surface area contributed by atoms with E-state index in [1.807, 2.05) is 145 Å².